The molecule has 1 aromatic carbocycles. The second-order valence-corrected chi connectivity index (χ2v) is 4.67. The Hall–Kier alpha value is -1.81. The van der Waals surface area contributed by atoms with Crippen molar-refractivity contribution in [1.82, 2.24) is 9.78 Å². The van der Waals surface area contributed by atoms with Crippen molar-refractivity contribution in [2.75, 3.05) is 6.61 Å². The molecule has 0 aliphatic rings. The van der Waals surface area contributed by atoms with Gasteiger partial charge in [0.15, 0.2) is 0 Å². The van der Waals surface area contributed by atoms with Crippen molar-refractivity contribution < 1.29 is 4.74 Å². The van der Waals surface area contributed by atoms with Gasteiger partial charge >= 0.3 is 0 Å². The highest BCUT2D eigenvalue weighted by Crippen LogP contribution is 2.25. The van der Waals surface area contributed by atoms with E-state index >= 15 is 0 Å². The lowest BCUT2D eigenvalue weighted by Gasteiger charge is -2.15. The van der Waals surface area contributed by atoms with Crippen LogP contribution in [0.5, 0.6) is 5.75 Å². The average Bonchev–Trinajstić information content (AvgIpc) is 2.84. The fraction of sp³-hybridized carbons (Fsp3) is 0.400. The lowest BCUT2D eigenvalue weighted by Crippen LogP contribution is -2.11. The smallest absolute Gasteiger partial charge is 0.124 e. The van der Waals surface area contributed by atoms with E-state index in [4.69, 9.17) is 10.5 Å². The Balaban J connectivity index is 1.95. The zero-order valence-corrected chi connectivity index (χ0v) is 11.5. The number of nitrogens with zero attached hydrogens (tertiary/aromatic N) is 2. The average molecular weight is 259 g/mol. The fourth-order valence-electron chi connectivity index (χ4n) is 2.02. The number of aromatic nitrogens is 2. The van der Waals surface area contributed by atoms with E-state index in [1.54, 1.807) is 4.68 Å². The van der Waals surface area contributed by atoms with Gasteiger partial charge in [-0.15, -0.1) is 0 Å². The molecule has 0 radical (unpaired) electrons. The van der Waals surface area contributed by atoms with E-state index in [-0.39, 0.29) is 6.04 Å². The molecule has 0 unspecified atom stereocenters. The Labute approximate surface area is 114 Å². The summed E-state index contributed by atoms with van der Waals surface area (Å²) in [6, 6.07) is 8.03. The summed E-state index contributed by atoms with van der Waals surface area (Å²) in [5, 5.41) is 4.14. The van der Waals surface area contributed by atoms with E-state index in [2.05, 4.69) is 12.0 Å². The Morgan fingerprint density at radius 2 is 2.16 bits per heavy atom. The molecule has 0 amide bonds. The second-order valence-electron chi connectivity index (χ2n) is 4.67. The zero-order valence-electron chi connectivity index (χ0n) is 11.5. The Morgan fingerprint density at radius 1 is 1.37 bits per heavy atom. The molecule has 4 nitrogen and oxygen atoms in total. The molecular formula is C15H21N3O. The first kappa shape index (κ1) is 13.6. The van der Waals surface area contributed by atoms with Crippen LogP contribution >= 0.6 is 0 Å². The molecule has 102 valence electrons. The van der Waals surface area contributed by atoms with Crippen LogP contribution in [0.2, 0.25) is 0 Å². The summed E-state index contributed by atoms with van der Waals surface area (Å²) in [6.07, 6.45) is 5.63. The Bertz CT molecular complexity index is 522. The summed E-state index contributed by atoms with van der Waals surface area (Å²) < 4.78 is 7.66. The van der Waals surface area contributed by atoms with Crippen molar-refractivity contribution >= 4 is 0 Å². The van der Waals surface area contributed by atoms with E-state index in [1.165, 1.54) is 5.56 Å². The van der Waals surface area contributed by atoms with Gasteiger partial charge in [0.05, 0.1) is 12.8 Å². The third-order valence-corrected chi connectivity index (χ3v) is 3.16. The van der Waals surface area contributed by atoms with Gasteiger partial charge in [0, 0.05) is 31.3 Å². The highest BCUT2D eigenvalue weighted by Gasteiger charge is 2.09. The zero-order chi connectivity index (χ0) is 13.7. The summed E-state index contributed by atoms with van der Waals surface area (Å²) in [7, 11) is 1.92. The van der Waals surface area contributed by atoms with Gasteiger partial charge in [-0.3, -0.25) is 4.68 Å². The van der Waals surface area contributed by atoms with Crippen LogP contribution in [-0.4, -0.2) is 16.4 Å². The maximum atomic E-state index is 6.09. The Morgan fingerprint density at radius 3 is 2.84 bits per heavy atom. The molecule has 0 bridgehead atoms. The standard InChI is InChI=1S/C15H21N3O/c1-3-14(16)13-6-4-5-7-15(13)19-9-8-12-10-17-18(2)11-12/h4-7,10-11,14H,3,8-9,16H2,1-2H3/t14-/m0/s1. The SMILES string of the molecule is CC[C@H](N)c1ccccc1OCCc1cnn(C)c1. The van der Waals surface area contributed by atoms with Crippen LogP contribution in [-0.2, 0) is 13.5 Å². The quantitative estimate of drug-likeness (QED) is 0.867. The van der Waals surface area contributed by atoms with Crippen molar-refractivity contribution in [1.29, 1.82) is 0 Å². The van der Waals surface area contributed by atoms with Gasteiger partial charge in [0.2, 0.25) is 0 Å². The lowest BCUT2D eigenvalue weighted by molar-refractivity contribution is 0.316. The number of hydrogen-bond donors (Lipinski definition) is 1. The van der Waals surface area contributed by atoms with E-state index in [9.17, 15) is 0 Å². The predicted molar refractivity (Wildman–Crippen MR) is 76.1 cm³/mol. The van der Waals surface area contributed by atoms with Crippen molar-refractivity contribution in [2.24, 2.45) is 12.8 Å². The molecule has 0 aliphatic carbocycles. The molecule has 0 saturated heterocycles. The topological polar surface area (TPSA) is 53.1 Å². The number of nitrogens with two attached hydrogens (primary N) is 1. The highest BCUT2D eigenvalue weighted by atomic mass is 16.5. The number of benzene rings is 1. The van der Waals surface area contributed by atoms with Crippen LogP contribution in [0.15, 0.2) is 36.7 Å². The maximum absolute atomic E-state index is 6.09. The first-order chi connectivity index (χ1) is 9.20. The number of para-hydroxylation sites is 1. The van der Waals surface area contributed by atoms with E-state index in [1.807, 2.05) is 43.7 Å². The summed E-state index contributed by atoms with van der Waals surface area (Å²) in [5.74, 6) is 0.890. The highest BCUT2D eigenvalue weighted by molar-refractivity contribution is 5.35. The predicted octanol–water partition coefficient (Wildman–Crippen LogP) is 2.45. The summed E-state index contributed by atoms with van der Waals surface area (Å²) in [5.41, 5.74) is 8.35. The number of rotatable bonds is 6. The minimum absolute atomic E-state index is 0.0367. The molecule has 2 rings (SSSR count). The molecule has 2 aromatic rings. The monoisotopic (exact) mass is 259 g/mol. The van der Waals surface area contributed by atoms with Crippen LogP contribution < -0.4 is 10.5 Å². The van der Waals surface area contributed by atoms with E-state index in [0.717, 1.165) is 24.2 Å². The third-order valence-electron chi connectivity index (χ3n) is 3.16. The van der Waals surface area contributed by atoms with Gasteiger partial charge in [-0.1, -0.05) is 25.1 Å². The molecule has 0 fully saturated rings. The molecule has 1 atom stereocenters. The summed E-state index contributed by atoms with van der Waals surface area (Å²) in [4.78, 5) is 0. The molecule has 4 heteroatoms. The van der Waals surface area contributed by atoms with Crippen molar-refractivity contribution in [2.45, 2.75) is 25.8 Å². The number of hydrogen-bond acceptors (Lipinski definition) is 3. The molecule has 0 spiro atoms. The summed E-state index contributed by atoms with van der Waals surface area (Å²) in [6.45, 7) is 2.72. The fourth-order valence-corrected chi connectivity index (χ4v) is 2.02. The maximum Gasteiger partial charge on any atom is 0.124 e. The first-order valence-corrected chi connectivity index (χ1v) is 6.65. The molecule has 0 saturated carbocycles. The largest absolute Gasteiger partial charge is 0.493 e. The Kier molecular flexibility index (Phi) is 4.58. The molecule has 19 heavy (non-hydrogen) atoms. The molecule has 2 N–H and O–H groups in total. The van der Waals surface area contributed by atoms with Crippen molar-refractivity contribution in [3.05, 3.63) is 47.8 Å². The second kappa shape index (κ2) is 6.38. The van der Waals surface area contributed by atoms with Gasteiger partial charge in [-0.25, -0.2) is 0 Å². The van der Waals surface area contributed by atoms with E-state index < -0.39 is 0 Å². The van der Waals surface area contributed by atoms with Crippen LogP contribution in [0.4, 0.5) is 0 Å². The van der Waals surface area contributed by atoms with Gasteiger partial charge in [0.1, 0.15) is 5.75 Å². The molecule has 1 aromatic heterocycles. The number of ether oxygens (including phenoxy) is 1. The van der Waals surface area contributed by atoms with Gasteiger partial charge in [-0.2, -0.15) is 5.10 Å². The van der Waals surface area contributed by atoms with Gasteiger partial charge in [-0.05, 0) is 18.1 Å². The van der Waals surface area contributed by atoms with E-state index in [0.29, 0.717) is 6.61 Å². The molecule has 0 aliphatic heterocycles. The van der Waals surface area contributed by atoms with Crippen LogP contribution in [0.3, 0.4) is 0 Å². The van der Waals surface area contributed by atoms with Gasteiger partial charge in [0.25, 0.3) is 0 Å². The van der Waals surface area contributed by atoms with Crippen LogP contribution in [0, 0.1) is 0 Å². The van der Waals surface area contributed by atoms with Crippen LogP contribution in [0.25, 0.3) is 0 Å². The minimum atomic E-state index is 0.0367. The molecular weight excluding hydrogens is 238 g/mol. The van der Waals surface area contributed by atoms with Gasteiger partial charge < -0.3 is 10.5 Å². The first-order valence-electron chi connectivity index (χ1n) is 6.65. The van der Waals surface area contributed by atoms with Crippen molar-refractivity contribution in [3.63, 3.8) is 0 Å². The van der Waals surface area contributed by atoms with Crippen LogP contribution in [0.1, 0.15) is 30.5 Å². The van der Waals surface area contributed by atoms with Crippen molar-refractivity contribution in [3.8, 4) is 5.75 Å². The minimum Gasteiger partial charge on any atom is -0.493 e. The number of aryl methyl sites for hydroxylation is 1. The third kappa shape index (κ3) is 3.58. The summed E-state index contributed by atoms with van der Waals surface area (Å²) >= 11 is 0. The lowest BCUT2D eigenvalue weighted by atomic mass is 10.0. The molecule has 1 heterocycles. The normalized spacial score (nSPS) is 12.4.